The van der Waals surface area contributed by atoms with Crippen LogP contribution < -0.4 is 5.32 Å². The zero-order chi connectivity index (χ0) is 15.6. The van der Waals surface area contributed by atoms with Crippen molar-refractivity contribution < 1.29 is 4.79 Å². The molecule has 23 heavy (non-hydrogen) atoms. The van der Waals surface area contributed by atoms with Gasteiger partial charge in [0.05, 0.1) is 17.9 Å². The van der Waals surface area contributed by atoms with E-state index in [0.29, 0.717) is 19.6 Å². The summed E-state index contributed by atoms with van der Waals surface area (Å²) in [7, 11) is 0. The molecule has 1 N–H and O–H groups in total. The van der Waals surface area contributed by atoms with Crippen LogP contribution in [0.4, 0.5) is 4.79 Å². The molecule has 5 nitrogen and oxygen atoms in total. The summed E-state index contributed by atoms with van der Waals surface area (Å²) in [5, 5.41) is 3.00. The van der Waals surface area contributed by atoms with Crippen LogP contribution in [0.5, 0.6) is 0 Å². The Hall–Kier alpha value is -2.82. The minimum atomic E-state index is -0.0228. The van der Waals surface area contributed by atoms with E-state index < -0.39 is 0 Å². The molecular weight excluding hydrogens is 288 g/mol. The van der Waals surface area contributed by atoms with Gasteiger partial charge in [-0.2, -0.15) is 0 Å². The summed E-state index contributed by atoms with van der Waals surface area (Å²) >= 11 is 0. The molecule has 3 heterocycles. The molecule has 1 aliphatic rings. The molecule has 3 aromatic rings. The molecule has 1 aromatic carbocycles. The molecule has 0 radical (unpaired) electrons. The number of nitrogens with one attached hydrogen (secondary N) is 1. The summed E-state index contributed by atoms with van der Waals surface area (Å²) in [4.78, 5) is 18.9. The number of carbonyl (C=O) groups excluding carboxylic acids is 1. The number of imidazole rings is 1. The maximum Gasteiger partial charge on any atom is 0.318 e. The third kappa shape index (κ3) is 2.65. The van der Waals surface area contributed by atoms with E-state index >= 15 is 0 Å². The van der Waals surface area contributed by atoms with E-state index in [0.717, 1.165) is 29.0 Å². The lowest BCUT2D eigenvalue weighted by Gasteiger charge is -2.27. The van der Waals surface area contributed by atoms with Gasteiger partial charge < -0.3 is 14.6 Å². The van der Waals surface area contributed by atoms with Crippen LogP contribution in [0.1, 0.15) is 17.0 Å². The van der Waals surface area contributed by atoms with Crippen molar-refractivity contribution in [2.45, 2.75) is 19.5 Å². The van der Waals surface area contributed by atoms with Crippen molar-refractivity contribution >= 4 is 11.7 Å². The van der Waals surface area contributed by atoms with Gasteiger partial charge in [-0.1, -0.05) is 36.4 Å². The summed E-state index contributed by atoms with van der Waals surface area (Å²) in [5.74, 6) is 0. The minimum absolute atomic E-state index is 0.0228. The van der Waals surface area contributed by atoms with Crippen LogP contribution in [0.25, 0.3) is 5.65 Å². The van der Waals surface area contributed by atoms with Gasteiger partial charge in [0.15, 0.2) is 0 Å². The SMILES string of the molecule is O=C(NCc1ccccc1)N1CCc2nc3ccccn3c2C1. The average molecular weight is 306 g/mol. The van der Waals surface area contributed by atoms with Crippen LogP contribution in [0.3, 0.4) is 0 Å². The van der Waals surface area contributed by atoms with Gasteiger partial charge in [-0.3, -0.25) is 0 Å². The van der Waals surface area contributed by atoms with Crippen molar-refractivity contribution in [1.82, 2.24) is 19.6 Å². The molecule has 0 saturated heterocycles. The van der Waals surface area contributed by atoms with Crippen LogP contribution in [0.2, 0.25) is 0 Å². The van der Waals surface area contributed by atoms with E-state index in [1.165, 1.54) is 0 Å². The fourth-order valence-corrected chi connectivity index (χ4v) is 3.02. The number of fused-ring (bicyclic) bond motifs is 3. The number of benzene rings is 1. The molecule has 1 aliphatic heterocycles. The van der Waals surface area contributed by atoms with E-state index in [9.17, 15) is 4.79 Å². The standard InChI is InChI=1S/C18H18N4O/c23-18(19-12-14-6-2-1-3-7-14)21-11-9-15-16(13-21)22-10-5-4-8-17(22)20-15/h1-8,10H,9,11-13H2,(H,19,23). The summed E-state index contributed by atoms with van der Waals surface area (Å²) in [5.41, 5.74) is 4.27. The maximum absolute atomic E-state index is 12.4. The second kappa shape index (κ2) is 5.76. The van der Waals surface area contributed by atoms with Crippen molar-refractivity contribution in [1.29, 1.82) is 0 Å². The molecule has 0 unspecified atom stereocenters. The maximum atomic E-state index is 12.4. The van der Waals surface area contributed by atoms with Crippen molar-refractivity contribution in [3.05, 3.63) is 71.7 Å². The number of hydrogen-bond acceptors (Lipinski definition) is 2. The zero-order valence-electron chi connectivity index (χ0n) is 12.8. The van der Waals surface area contributed by atoms with E-state index in [1.807, 2.05) is 59.6 Å². The van der Waals surface area contributed by atoms with Gasteiger partial charge in [0.2, 0.25) is 0 Å². The molecule has 2 aromatic heterocycles. The second-order valence-corrected chi connectivity index (χ2v) is 5.75. The van der Waals surface area contributed by atoms with Crippen molar-refractivity contribution in [3.8, 4) is 0 Å². The number of nitrogens with zero attached hydrogens (tertiary/aromatic N) is 3. The van der Waals surface area contributed by atoms with Crippen LogP contribution in [-0.2, 0) is 19.5 Å². The number of carbonyl (C=O) groups is 1. The molecule has 0 bridgehead atoms. The highest BCUT2D eigenvalue weighted by molar-refractivity contribution is 5.74. The van der Waals surface area contributed by atoms with Crippen molar-refractivity contribution in [3.63, 3.8) is 0 Å². The number of pyridine rings is 1. The van der Waals surface area contributed by atoms with E-state index in [1.54, 1.807) is 0 Å². The van der Waals surface area contributed by atoms with Gasteiger partial charge in [0, 0.05) is 25.7 Å². The first-order valence-electron chi connectivity index (χ1n) is 7.83. The van der Waals surface area contributed by atoms with Gasteiger partial charge in [-0.25, -0.2) is 9.78 Å². The lowest BCUT2D eigenvalue weighted by Crippen LogP contribution is -2.42. The summed E-state index contributed by atoms with van der Waals surface area (Å²) < 4.78 is 2.08. The lowest BCUT2D eigenvalue weighted by atomic mass is 10.1. The fourth-order valence-electron chi connectivity index (χ4n) is 3.02. The van der Waals surface area contributed by atoms with Gasteiger partial charge in [-0.15, -0.1) is 0 Å². The predicted molar refractivity (Wildman–Crippen MR) is 88.0 cm³/mol. The van der Waals surface area contributed by atoms with Crippen LogP contribution in [0, 0.1) is 0 Å². The lowest BCUT2D eigenvalue weighted by molar-refractivity contribution is 0.190. The Labute approximate surface area is 134 Å². The highest BCUT2D eigenvalue weighted by Crippen LogP contribution is 2.20. The fraction of sp³-hybridized carbons (Fsp3) is 0.222. The first kappa shape index (κ1) is 13.8. The Morgan fingerprint density at radius 1 is 1.13 bits per heavy atom. The van der Waals surface area contributed by atoms with Gasteiger partial charge in [0.25, 0.3) is 0 Å². The number of urea groups is 1. The Morgan fingerprint density at radius 2 is 1.96 bits per heavy atom. The number of aromatic nitrogens is 2. The van der Waals surface area contributed by atoms with Crippen molar-refractivity contribution in [2.75, 3.05) is 6.54 Å². The van der Waals surface area contributed by atoms with E-state index in [-0.39, 0.29) is 6.03 Å². The largest absolute Gasteiger partial charge is 0.334 e. The molecule has 0 fully saturated rings. The van der Waals surface area contributed by atoms with Gasteiger partial charge in [0.1, 0.15) is 5.65 Å². The first-order chi connectivity index (χ1) is 11.3. The van der Waals surface area contributed by atoms with Crippen LogP contribution >= 0.6 is 0 Å². The highest BCUT2D eigenvalue weighted by atomic mass is 16.2. The average Bonchev–Trinajstić information content (AvgIpc) is 2.98. The third-order valence-corrected chi connectivity index (χ3v) is 4.24. The molecule has 116 valence electrons. The summed E-state index contributed by atoms with van der Waals surface area (Å²) in [6, 6.07) is 15.9. The summed E-state index contributed by atoms with van der Waals surface area (Å²) in [6.45, 7) is 1.86. The number of amides is 2. The van der Waals surface area contributed by atoms with Gasteiger partial charge >= 0.3 is 6.03 Å². The van der Waals surface area contributed by atoms with E-state index in [2.05, 4.69) is 14.7 Å². The molecule has 0 spiro atoms. The van der Waals surface area contributed by atoms with Crippen LogP contribution in [0.15, 0.2) is 54.7 Å². The zero-order valence-corrected chi connectivity index (χ0v) is 12.8. The molecule has 4 rings (SSSR count). The molecule has 0 saturated carbocycles. The number of hydrogen-bond donors (Lipinski definition) is 1. The highest BCUT2D eigenvalue weighted by Gasteiger charge is 2.24. The first-order valence-corrected chi connectivity index (χ1v) is 7.83. The molecule has 2 amide bonds. The normalized spacial score (nSPS) is 13.8. The predicted octanol–water partition coefficient (Wildman–Crippen LogP) is 2.60. The molecule has 0 atom stereocenters. The Balaban J connectivity index is 1.48. The molecule has 0 aliphatic carbocycles. The molecule has 5 heteroatoms. The Morgan fingerprint density at radius 3 is 2.83 bits per heavy atom. The van der Waals surface area contributed by atoms with Gasteiger partial charge in [-0.05, 0) is 17.7 Å². The molecular formula is C18H18N4O. The number of rotatable bonds is 2. The van der Waals surface area contributed by atoms with Crippen LogP contribution in [-0.4, -0.2) is 26.9 Å². The second-order valence-electron chi connectivity index (χ2n) is 5.75. The smallest absolute Gasteiger partial charge is 0.318 e. The minimum Gasteiger partial charge on any atom is -0.334 e. The topological polar surface area (TPSA) is 49.6 Å². The third-order valence-electron chi connectivity index (χ3n) is 4.24. The van der Waals surface area contributed by atoms with Crippen molar-refractivity contribution in [2.24, 2.45) is 0 Å². The quantitative estimate of drug-likeness (QED) is 0.791. The summed E-state index contributed by atoms with van der Waals surface area (Å²) in [6.07, 6.45) is 2.81. The Kier molecular flexibility index (Phi) is 3.46. The monoisotopic (exact) mass is 306 g/mol. The Bertz CT molecular complexity index is 841. The van der Waals surface area contributed by atoms with E-state index in [4.69, 9.17) is 0 Å².